The third kappa shape index (κ3) is 2.70. The van der Waals surface area contributed by atoms with E-state index in [2.05, 4.69) is 25.0 Å². The van der Waals surface area contributed by atoms with Crippen LogP contribution >= 0.6 is 0 Å². The standard InChI is InChI=1S/C14H15F3N6O/c1-8-20-12(21-24-8)6-23-9-2-10(23)5-22(4-9)13-3-11(14(15,16)17)18-7-19-13/h3,7,9-10H,2,4-6H2,1H3. The predicted molar refractivity (Wildman–Crippen MR) is 76.0 cm³/mol. The van der Waals surface area contributed by atoms with Gasteiger partial charge >= 0.3 is 6.18 Å². The molecule has 0 aromatic carbocycles. The Morgan fingerprint density at radius 2 is 2.00 bits per heavy atom. The normalized spacial score (nSPS) is 24.1. The van der Waals surface area contributed by atoms with E-state index in [0.717, 1.165) is 18.8 Å². The van der Waals surface area contributed by atoms with Crippen molar-refractivity contribution in [3.63, 3.8) is 0 Å². The third-order valence-electron chi connectivity index (χ3n) is 4.51. The lowest BCUT2D eigenvalue weighted by atomic mass is 9.87. The lowest BCUT2D eigenvalue weighted by Gasteiger charge is -2.56. The summed E-state index contributed by atoms with van der Waals surface area (Å²) in [6, 6.07) is 1.52. The van der Waals surface area contributed by atoms with Gasteiger partial charge in [-0.1, -0.05) is 5.16 Å². The lowest BCUT2D eigenvalue weighted by Crippen LogP contribution is -2.68. The summed E-state index contributed by atoms with van der Waals surface area (Å²) >= 11 is 0. The van der Waals surface area contributed by atoms with Crippen LogP contribution in [0.5, 0.6) is 0 Å². The fourth-order valence-electron chi connectivity index (χ4n) is 3.38. The van der Waals surface area contributed by atoms with Gasteiger partial charge in [-0.25, -0.2) is 9.97 Å². The van der Waals surface area contributed by atoms with E-state index in [1.165, 1.54) is 0 Å². The van der Waals surface area contributed by atoms with Crippen molar-refractivity contribution < 1.29 is 17.7 Å². The number of piperidine rings is 1. The van der Waals surface area contributed by atoms with E-state index in [1.807, 2.05) is 4.90 Å². The Morgan fingerprint density at radius 1 is 1.25 bits per heavy atom. The van der Waals surface area contributed by atoms with Crippen molar-refractivity contribution in [2.24, 2.45) is 0 Å². The molecule has 0 radical (unpaired) electrons. The molecule has 0 aliphatic carbocycles. The largest absolute Gasteiger partial charge is 0.433 e. The van der Waals surface area contributed by atoms with E-state index < -0.39 is 11.9 Å². The van der Waals surface area contributed by atoms with Crippen LogP contribution in [0, 0.1) is 6.92 Å². The zero-order valence-electron chi connectivity index (χ0n) is 12.9. The lowest BCUT2D eigenvalue weighted by molar-refractivity contribution is -0.141. The van der Waals surface area contributed by atoms with Gasteiger partial charge in [0.05, 0.1) is 6.54 Å². The van der Waals surface area contributed by atoms with Crippen molar-refractivity contribution in [3.05, 3.63) is 29.8 Å². The van der Waals surface area contributed by atoms with Crippen molar-refractivity contribution in [3.8, 4) is 0 Å². The van der Waals surface area contributed by atoms with E-state index in [9.17, 15) is 13.2 Å². The van der Waals surface area contributed by atoms with Gasteiger partial charge in [0.2, 0.25) is 5.89 Å². The molecule has 3 saturated heterocycles. The first kappa shape index (κ1) is 15.3. The second-order valence-electron chi connectivity index (χ2n) is 6.11. The van der Waals surface area contributed by atoms with Crippen LogP contribution in [0.25, 0.3) is 0 Å². The van der Waals surface area contributed by atoms with Crippen molar-refractivity contribution in [2.45, 2.75) is 38.1 Å². The summed E-state index contributed by atoms with van der Waals surface area (Å²) in [6.45, 7) is 3.59. The Bertz CT molecular complexity index is 736. The molecule has 7 nitrogen and oxygen atoms in total. The number of hydrogen-bond acceptors (Lipinski definition) is 7. The molecular weight excluding hydrogens is 325 g/mol. The highest BCUT2D eigenvalue weighted by atomic mass is 19.4. The molecule has 2 unspecified atom stereocenters. The Hall–Kier alpha value is -2.23. The number of piperazine rings is 1. The number of aryl methyl sites for hydroxylation is 1. The van der Waals surface area contributed by atoms with E-state index in [1.54, 1.807) is 6.92 Å². The molecule has 5 heterocycles. The average molecular weight is 340 g/mol. The molecule has 0 spiro atoms. The van der Waals surface area contributed by atoms with Crippen molar-refractivity contribution in [2.75, 3.05) is 18.0 Å². The van der Waals surface area contributed by atoms with Gasteiger partial charge in [-0.2, -0.15) is 18.2 Å². The smallest absolute Gasteiger partial charge is 0.353 e. The summed E-state index contributed by atoms with van der Waals surface area (Å²) < 4.78 is 43.3. The minimum absolute atomic E-state index is 0.256. The van der Waals surface area contributed by atoms with Gasteiger partial charge in [0, 0.05) is 38.2 Å². The van der Waals surface area contributed by atoms with Gasteiger partial charge in [-0.3, -0.25) is 4.90 Å². The maximum atomic E-state index is 12.8. The maximum Gasteiger partial charge on any atom is 0.433 e. The number of rotatable bonds is 3. The molecule has 0 amide bonds. The van der Waals surface area contributed by atoms with Gasteiger partial charge in [0.15, 0.2) is 5.82 Å². The Labute approximate surface area is 135 Å². The topological polar surface area (TPSA) is 71.2 Å². The first-order chi connectivity index (χ1) is 11.4. The average Bonchev–Trinajstić information content (AvgIpc) is 2.97. The molecule has 10 heteroatoms. The van der Waals surface area contributed by atoms with Gasteiger partial charge in [-0.05, 0) is 6.42 Å². The first-order valence-corrected chi connectivity index (χ1v) is 7.59. The van der Waals surface area contributed by atoms with Crippen LogP contribution in [-0.2, 0) is 12.7 Å². The molecule has 2 aromatic rings. The third-order valence-corrected chi connectivity index (χ3v) is 4.51. The van der Waals surface area contributed by atoms with Crippen LogP contribution in [0.2, 0.25) is 0 Å². The highest BCUT2D eigenvalue weighted by Crippen LogP contribution is 2.36. The Morgan fingerprint density at radius 3 is 2.62 bits per heavy atom. The summed E-state index contributed by atoms with van der Waals surface area (Å²) in [5.41, 5.74) is -0.911. The van der Waals surface area contributed by atoms with Crippen molar-refractivity contribution in [1.29, 1.82) is 0 Å². The van der Waals surface area contributed by atoms with E-state index in [0.29, 0.717) is 37.2 Å². The van der Waals surface area contributed by atoms with Crippen LogP contribution in [-0.4, -0.2) is 50.2 Å². The van der Waals surface area contributed by atoms with Crippen molar-refractivity contribution in [1.82, 2.24) is 25.0 Å². The van der Waals surface area contributed by atoms with Crippen LogP contribution < -0.4 is 4.90 Å². The molecule has 2 aromatic heterocycles. The van der Waals surface area contributed by atoms with Crippen LogP contribution in [0.4, 0.5) is 19.0 Å². The molecule has 3 aliphatic rings. The molecule has 24 heavy (non-hydrogen) atoms. The van der Waals surface area contributed by atoms with Gasteiger partial charge in [-0.15, -0.1) is 0 Å². The molecule has 3 fully saturated rings. The number of fused-ring (bicyclic) bond motifs is 2. The summed E-state index contributed by atoms with van der Waals surface area (Å²) in [5, 5.41) is 3.89. The number of nitrogens with zero attached hydrogens (tertiary/aromatic N) is 6. The van der Waals surface area contributed by atoms with Gasteiger partial charge in [0.25, 0.3) is 0 Å². The number of anilines is 1. The number of alkyl halides is 3. The van der Waals surface area contributed by atoms with Gasteiger partial charge in [0.1, 0.15) is 17.8 Å². The quantitative estimate of drug-likeness (QED) is 0.841. The summed E-state index contributed by atoms with van der Waals surface area (Å²) in [5.74, 6) is 1.48. The monoisotopic (exact) mass is 340 g/mol. The molecule has 2 atom stereocenters. The summed E-state index contributed by atoms with van der Waals surface area (Å²) in [6.07, 6.45) is -2.47. The highest BCUT2D eigenvalue weighted by molar-refractivity contribution is 5.42. The van der Waals surface area contributed by atoms with Crippen molar-refractivity contribution >= 4 is 5.82 Å². The Balaban J connectivity index is 1.45. The fraction of sp³-hybridized carbons (Fsp3) is 0.571. The predicted octanol–water partition coefficient (Wildman–Crippen LogP) is 1.65. The van der Waals surface area contributed by atoms with Crippen LogP contribution in [0.3, 0.4) is 0 Å². The molecule has 2 bridgehead atoms. The second kappa shape index (κ2) is 5.40. The van der Waals surface area contributed by atoms with Gasteiger partial charge < -0.3 is 9.42 Å². The molecule has 128 valence electrons. The van der Waals surface area contributed by atoms with E-state index >= 15 is 0 Å². The number of aromatic nitrogens is 4. The van der Waals surface area contributed by atoms with Crippen LogP contribution in [0.15, 0.2) is 16.9 Å². The fourth-order valence-corrected chi connectivity index (χ4v) is 3.38. The minimum Gasteiger partial charge on any atom is -0.353 e. The summed E-state index contributed by atoms with van der Waals surface area (Å²) in [7, 11) is 0. The zero-order chi connectivity index (χ0) is 16.9. The molecule has 3 aliphatic heterocycles. The SMILES string of the molecule is Cc1nc(CN2C3CC2CN(c2cc(C(F)(F)F)ncn2)C3)no1. The van der Waals surface area contributed by atoms with E-state index in [-0.39, 0.29) is 12.1 Å². The molecule has 0 N–H and O–H groups in total. The first-order valence-electron chi connectivity index (χ1n) is 7.59. The summed E-state index contributed by atoms with van der Waals surface area (Å²) in [4.78, 5) is 15.6. The molecule has 0 saturated carbocycles. The number of hydrogen-bond donors (Lipinski definition) is 0. The number of halogens is 3. The zero-order valence-corrected chi connectivity index (χ0v) is 12.9. The van der Waals surface area contributed by atoms with E-state index in [4.69, 9.17) is 4.52 Å². The highest BCUT2D eigenvalue weighted by Gasteiger charge is 2.45. The molecule has 5 rings (SSSR count). The minimum atomic E-state index is -4.46. The Kier molecular flexibility index (Phi) is 3.44. The maximum absolute atomic E-state index is 12.8. The second-order valence-corrected chi connectivity index (χ2v) is 6.11. The van der Waals surface area contributed by atoms with Crippen LogP contribution in [0.1, 0.15) is 23.8 Å². The molecular formula is C14H15F3N6O.